The summed E-state index contributed by atoms with van der Waals surface area (Å²) in [6, 6.07) is 7.72. The van der Waals surface area contributed by atoms with Crippen molar-refractivity contribution in [2.75, 3.05) is 40.5 Å². The second-order valence-corrected chi connectivity index (χ2v) is 4.70. The van der Waals surface area contributed by atoms with Crippen LogP contribution in [0.1, 0.15) is 12.5 Å². The Morgan fingerprint density at radius 3 is 2.65 bits per heavy atom. The van der Waals surface area contributed by atoms with Crippen LogP contribution < -0.4 is 20.7 Å². The summed E-state index contributed by atoms with van der Waals surface area (Å²) in [7, 11) is 3.23. The topological polar surface area (TPSA) is 84.0 Å². The number of nitrogens with one attached hydrogen (secondary N) is 3. The fraction of sp³-hybridized carbons (Fsp3) is 0.500. The van der Waals surface area contributed by atoms with E-state index in [9.17, 15) is 4.79 Å². The van der Waals surface area contributed by atoms with Gasteiger partial charge in [0.2, 0.25) is 5.91 Å². The van der Waals surface area contributed by atoms with Gasteiger partial charge in [-0.25, -0.2) is 4.99 Å². The van der Waals surface area contributed by atoms with E-state index in [2.05, 4.69) is 20.9 Å². The number of guanidine groups is 1. The number of ether oxygens (including phenoxy) is 2. The molecule has 0 aliphatic rings. The van der Waals surface area contributed by atoms with Crippen molar-refractivity contribution in [3.8, 4) is 5.75 Å². The maximum absolute atomic E-state index is 11.7. The Balaban J connectivity index is 2.54. The summed E-state index contributed by atoms with van der Waals surface area (Å²) >= 11 is 0. The first-order chi connectivity index (χ1) is 11.2. The second-order valence-electron chi connectivity index (χ2n) is 4.70. The highest BCUT2D eigenvalue weighted by Gasteiger charge is 2.04. The Bertz CT molecular complexity index is 506. The highest BCUT2D eigenvalue weighted by atomic mass is 16.5. The number of benzene rings is 1. The molecular formula is C16H26N4O3. The molecule has 0 atom stereocenters. The number of rotatable bonds is 9. The van der Waals surface area contributed by atoms with Crippen LogP contribution in [0.25, 0.3) is 0 Å². The molecule has 0 saturated carbocycles. The van der Waals surface area contributed by atoms with Crippen LogP contribution in [0.3, 0.4) is 0 Å². The van der Waals surface area contributed by atoms with Gasteiger partial charge in [0.25, 0.3) is 0 Å². The SMILES string of the molecule is CCNC(=NCc1ccccc1OC)NCC(=O)NCCOC. The zero-order valence-electron chi connectivity index (χ0n) is 14.0. The molecule has 0 saturated heterocycles. The molecule has 0 aliphatic heterocycles. The molecule has 0 aromatic heterocycles. The minimum atomic E-state index is -0.107. The number of para-hydroxylation sites is 1. The van der Waals surface area contributed by atoms with Gasteiger partial charge in [0, 0.05) is 25.8 Å². The van der Waals surface area contributed by atoms with E-state index >= 15 is 0 Å². The lowest BCUT2D eigenvalue weighted by Gasteiger charge is -2.12. The molecule has 1 aromatic carbocycles. The number of hydrogen-bond donors (Lipinski definition) is 3. The fourth-order valence-electron chi connectivity index (χ4n) is 1.86. The monoisotopic (exact) mass is 322 g/mol. The Kier molecular flexibility index (Phi) is 9.23. The molecule has 0 spiro atoms. The van der Waals surface area contributed by atoms with Gasteiger partial charge in [-0.1, -0.05) is 18.2 Å². The van der Waals surface area contributed by atoms with E-state index < -0.39 is 0 Å². The summed E-state index contributed by atoms with van der Waals surface area (Å²) in [5.41, 5.74) is 0.983. The van der Waals surface area contributed by atoms with Crippen LogP contribution in [0.5, 0.6) is 5.75 Å². The minimum absolute atomic E-state index is 0.107. The van der Waals surface area contributed by atoms with Gasteiger partial charge in [-0.05, 0) is 13.0 Å². The molecule has 0 bridgehead atoms. The number of carbonyl (C=O) groups excluding carboxylic acids is 1. The van der Waals surface area contributed by atoms with E-state index in [0.29, 0.717) is 32.2 Å². The lowest BCUT2D eigenvalue weighted by Crippen LogP contribution is -2.43. The van der Waals surface area contributed by atoms with Gasteiger partial charge < -0.3 is 25.4 Å². The van der Waals surface area contributed by atoms with Crippen molar-refractivity contribution in [3.63, 3.8) is 0 Å². The maximum Gasteiger partial charge on any atom is 0.239 e. The summed E-state index contributed by atoms with van der Waals surface area (Å²) < 4.78 is 10.2. The summed E-state index contributed by atoms with van der Waals surface area (Å²) in [6.45, 7) is 4.29. The predicted octanol–water partition coefficient (Wildman–Crippen LogP) is 0.513. The second kappa shape index (κ2) is 11.3. The molecule has 0 unspecified atom stereocenters. The molecule has 128 valence electrons. The normalized spacial score (nSPS) is 11.0. The third-order valence-corrected chi connectivity index (χ3v) is 2.99. The highest BCUT2D eigenvalue weighted by molar-refractivity contribution is 5.86. The highest BCUT2D eigenvalue weighted by Crippen LogP contribution is 2.17. The van der Waals surface area contributed by atoms with Crippen molar-refractivity contribution in [2.45, 2.75) is 13.5 Å². The lowest BCUT2D eigenvalue weighted by molar-refractivity contribution is -0.120. The average molecular weight is 322 g/mol. The molecule has 1 rings (SSSR count). The van der Waals surface area contributed by atoms with Crippen LogP contribution in [0, 0.1) is 0 Å². The van der Waals surface area contributed by atoms with Crippen LogP contribution >= 0.6 is 0 Å². The van der Waals surface area contributed by atoms with Crippen molar-refractivity contribution in [1.29, 1.82) is 0 Å². The molecule has 7 nitrogen and oxygen atoms in total. The zero-order chi connectivity index (χ0) is 16.9. The number of amides is 1. The molecule has 0 heterocycles. The van der Waals surface area contributed by atoms with E-state index in [4.69, 9.17) is 9.47 Å². The molecule has 0 aliphatic carbocycles. The van der Waals surface area contributed by atoms with Gasteiger partial charge in [0.15, 0.2) is 5.96 Å². The Morgan fingerprint density at radius 2 is 1.96 bits per heavy atom. The minimum Gasteiger partial charge on any atom is -0.496 e. The van der Waals surface area contributed by atoms with Gasteiger partial charge >= 0.3 is 0 Å². The van der Waals surface area contributed by atoms with E-state index in [-0.39, 0.29) is 12.5 Å². The standard InChI is InChI=1S/C16H26N4O3/c1-4-17-16(20-12-15(21)18-9-10-22-2)19-11-13-7-5-6-8-14(13)23-3/h5-8H,4,9-12H2,1-3H3,(H,18,21)(H2,17,19,20). The first-order valence-corrected chi connectivity index (χ1v) is 7.61. The van der Waals surface area contributed by atoms with Crippen molar-refractivity contribution < 1.29 is 14.3 Å². The number of nitrogens with zero attached hydrogens (tertiary/aromatic N) is 1. The Morgan fingerprint density at radius 1 is 1.17 bits per heavy atom. The molecule has 1 aromatic rings. The quantitative estimate of drug-likeness (QED) is 0.350. The maximum atomic E-state index is 11.7. The number of hydrogen-bond acceptors (Lipinski definition) is 4. The summed E-state index contributed by atoms with van der Waals surface area (Å²) in [6.07, 6.45) is 0. The summed E-state index contributed by atoms with van der Waals surface area (Å²) in [4.78, 5) is 16.1. The molecule has 23 heavy (non-hydrogen) atoms. The van der Waals surface area contributed by atoms with Gasteiger partial charge in [-0.3, -0.25) is 4.79 Å². The predicted molar refractivity (Wildman–Crippen MR) is 90.7 cm³/mol. The van der Waals surface area contributed by atoms with E-state index in [1.54, 1.807) is 14.2 Å². The van der Waals surface area contributed by atoms with Gasteiger partial charge in [0.05, 0.1) is 26.8 Å². The summed E-state index contributed by atoms with van der Waals surface area (Å²) in [5, 5.41) is 8.85. The summed E-state index contributed by atoms with van der Waals surface area (Å²) in [5.74, 6) is 1.27. The Hall–Kier alpha value is -2.28. The van der Waals surface area contributed by atoms with Crippen molar-refractivity contribution in [3.05, 3.63) is 29.8 Å². The molecule has 7 heteroatoms. The zero-order valence-corrected chi connectivity index (χ0v) is 14.0. The van der Waals surface area contributed by atoms with Crippen LogP contribution in [-0.4, -0.2) is 52.3 Å². The van der Waals surface area contributed by atoms with Crippen molar-refractivity contribution in [2.24, 2.45) is 4.99 Å². The van der Waals surface area contributed by atoms with Gasteiger partial charge in [-0.15, -0.1) is 0 Å². The third-order valence-electron chi connectivity index (χ3n) is 2.99. The largest absolute Gasteiger partial charge is 0.496 e. The number of aliphatic imine (C=N–C) groups is 1. The lowest BCUT2D eigenvalue weighted by atomic mass is 10.2. The van der Waals surface area contributed by atoms with Crippen LogP contribution in [0.4, 0.5) is 0 Å². The van der Waals surface area contributed by atoms with Crippen LogP contribution in [-0.2, 0) is 16.1 Å². The fourth-order valence-corrected chi connectivity index (χ4v) is 1.86. The van der Waals surface area contributed by atoms with E-state index in [0.717, 1.165) is 11.3 Å². The molecule has 0 radical (unpaired) electrons. The van der Waals surface area contributed by atoms with Crippen LogP contribution in [0.15, 0.2) is 29.3 Å². The van der Waals surface area contributed by atoms with Gasteiger partial charge in [0.1, 0.15) is 5.75 Å². The first kappa shape index (κ1) is 18.8. The number of methoxy groups -OCH3 is 2. The molecule has 1 amide bonds. The number of carbonyl (C=O) groups is 1. The third kappa shape index (κ3) is 7.51. The molecule has 0 fully saturated rings. The Labute approximate surface area is 137 Å². The molecule has 3 N–H and O–H groups in total. The van der Waals surface area contributed by atoms with Gasteiger partial charge in [-0.2, -0.15) is 0 Å². The van der Waals surface area contributed by atoms with E-state index in [1.807, 2.05) is 31.2 Å². The first-order valence-electron chi connectivity index (χ1n) is 7.61. The smallest absolute Gasteiger partial charge is 0.239 e. The van der Waals surface area contributed by atoms with Crippen molar-refractivity contribution >= 4 is 11.9 Å². The van der Waals surface area contributed by atoms with E-state index in [1.165, 1.54) is 0 Å². The average Bonchev–Trinajstić information content (AvgIpc) is 2.58. The van der Waals surface area contributed by atoms with Crippen molar-refractivity contribution in [1.82, 2.24) is 16.0 Å². The molecular weight excluding hydrogens is 296 g/mol. The van der Waals surface area contributed by atoms with Crippen LogP contribution in [0.2, 0.25) is 0 Å².